The van der Waals surface area contributed by atoms with E-state index in [0.29, 0.717) is 11.1 Å². The summed E-state index contributed by atoms with van der Waals surface area (Å²) in [4.78, 5) is 37.1. The van der Waals surface area contributed by atoms with Gasteiger partial charge in [-0.3, -0.25) is 0 Å². The van der Waals surface area contributed by atoms with Crippen molar-refractivity contribution in [1.29, 1.82) is 0 Å². The molecule has 38 heavy (non-hydrogen) atoms. The quantitative estimate of drug-likeness (QED) is 0.263. The van der Waals surface area contributed by atoms with E-state index in [4.69, 9.17) is 23.7 Å². The zero-order valence-electron chi connectivity index (χ0n) is 20.5. The molecule has 2 unspecified atom stereocenters. The standard InChI is InChI=1S/C27H26O11/c1-34-19-7-3-15(11-17(19)28)5-9-23(30)36-21-13-27(33)14-22(25(21)38-26(27)32)37-24(31)10-6-16-4-8-20(35-2)18(29)12-16/h3-12,21-22,25,28-29,33H,13-14H2,1-2H3. The van der Waals surface area contributed by atoms with Crippen LogP contribution in [0.2, 0.25) is 0 Å². The molecule has 11 heteroatoms. The van der Waals surface area contributed by atoms with Crippen molar-refractivity contribution in [1.82, 2.24) is 0 Å². The van der Waals surface area contributed by atoms with Crippen molar-refractivity contribution in [2.45, 2.75) is 36.8 Å². The average molecular weight is 526 g/mol. The Morgan fingerprint density at radius 1 is 0.868 bits per heavy atom. The van der Waals surface area contributed by atoms with Crippen molar-refractivity contribution in [2.24, 2.45) is 0 Å². The van der Waals surface area contributed by atoms with Crippen LogP contribution >= 0.6 is 0 Å². The predicted molar refractivity (Wildman–Crippen MR) is 131 cm³/mol. The molecule has 2 saturated heterocycles. The molecule has 1 aliphatic carbocycles. The number of fused-ring (bicyclic) bond motifs is 3. The normalized spacial score (nSPS) is 24.3. The third-order valence-electron chi connectivity index (χ3n) is 6.20. The molecular weight excluding hydrogens is 500 g/mol. The first-order valence-corrected chi connectivity index (χ1v) is 11.6. The molecule has 3 fully saturated rings. The van der Waals surface area contributed by atoms with Crippen LogP contribution in [-0.4, -0.2) is 71.4 Å². The lowest BCUT2D eigenvalue weighted by molar-refractivity contribution is -0.247. The van der Waals surface area contributed by atoms with Gasteiger partial charge in [0.2, 0.25) is 0 Å². The number of hydrogen-bond acceptors (Lipinski definition) is 11. The van der Waals surface area contributed by atoms with Gasteiger partial charge in [-0.25, -0.2) is 14.4 Å². The highest BCUT2D eigenvalue weighted by atomic mass is 16.6. The number of phenolic OH excluding ortho intramolecular Hbond substituents is 2. The molecule has 5 rings (SSSR count). The van der Waals surface area contributed by atoms with Gasteiger partial charge in [0, 0.05) is 25.0 Å². The van der Waals surface area contributed by atoms with Crippen LogP contribution in [0.5, 0.6) is 23.0 Å². The smallest absolute Gasteiger partial charge is 0.338 e. The second-order valence-corrected chi connectivity index (χ2v) is 8.79. The van der Waals surface area contributed by atoms with E-state index in [-0.39, 0.29) is 35.8 Å². The van der Waals surface area contributed by atoms with Crippen LogP contribution in [0.4, 0.5) is 0 Å². The van der Waals surface area contributed by atoms with Crippen molar-refractivity contribution in [3.05, 3.63) is 59.7 Å². The topological polar surface area (TPSA) is 158 Å². The Morgan fingerprint density at radius 2 is 1.32 bits per heavy atom. The maximum atomic E-state index is 12.4. The molecular formula is C27H26O11. The monoisotopic (exact) mass is 526 g/mol. The van der Waals surface area contributed by atoms with Gasteiger partial charge in [0.05, 0.1) is 14.2 Å². The number of phenols is 2. The number of carbonyl (C=O) groups excluding carboxylic acids is 3. The molecule has 0 radical (unpaired) electrons. The van der Waals surface area contributed by atoms with Gasteiger partial charge in [0.1, 0.15) is 12.2 Å². The number of methoxy groups -OCH3 is 2. The van der Waals surface area contributed by atoms with E-state index in [1.54, 1.807) is 12.1 Å². The highest BCUT2D eigenvalue weighted by Crippen LogP contribution is 2.41. The summed E-state index contributed by atoms with van der Waals surface area (Å²) in [5.41, 5.74) is -0.986. The Kier molecular flexibility index (Phi) is 7.58. The lowest BCUT2D eigenvalue weighted by Gasteiger charge is -2.48. The molecule has 1 saturated carbocycles. The molecule has 2 aromatic rings. The van der Waals surface area contributed by atoms with Gasteiger partial charge in [-0.1, -0.05) is 12.1 Å². The van der Waals surface area contributed by atoms with E-state index in [1.807, 2.05) is 0 Å². The summed E-state index contributed by atoms with van der Waals surface area (Å²) in [6.07, 6.45) is 1.38. The average Bonchev–Trinajstić information content (AvgIpc) is 2.87. The molecule has 2 bridgehead atoms. The maximum absolute atomic E-state index is 12.4. The first kappa shape index (κ1) is 26.6. The van der Waals surface area contributed by atoms with Crippen LogP contribution in [0.3, 0.4) is 0 Å². The molecule has 0 aromatic heterocycles. The highest BCUT2D eigenvalue weighted by molar-refractivity contribution is 5.89. The van der Waals surface area contributed by atoms with Crippen molar-refractivity contribution in [3.8, 4) is 23.0 Å². The van der Waals surface area contributed by atoms with Crippen LogP contribution in [0, 0.1) is 0 Å². The SMILES string of the molecule is COc1ccc(C=CC(=O)OC2CC3(O)CC(OC(=O)C=Cc4ccc(OC)c(O)c4)C2OC3=O)cc1O. The summed E-state index contributed by atoms with van der Waals surface area (Å²) < 4.78 is 26.0. The summed E-state index contributed by atoms with van der Waals surface area (Å²) >= 11 is 0. The molecule has 2 atom stereocenters. The van der Waals surface area contributed by atoms with E-state index in [2.05, 4.69) is 0 Å². The number of carbonyl (C=O) groups is 3. The Labute approximate surface area is 217 Å². The first-order chi connectivity index (χ1) is 18.1. The molecule has 0 amide bonds. The Morgan fingerprint density at radius 3 is 1.68 bits per heavy atom. The number of ether oxygens (including phenoxy) is 5. The van der Waals surface area contributed by atoms with Crippen LogP contribution in [0.15, 0.2) is 48.6 Å². The summed E-state index contributed by atoms with van der Waals surface area (Å²) in [5, 5.41) is 30.5. The minimum atomic E-state index is -1.98. The Hall–Kier alpha value is -4.51. The van der Waals surface area contributed by atoms with Gasteiger partial charge in [-0.2, -0.15) is 0 Å². The molecule has 200 valence electrons. The number of rotatable bonds is 8. The third kappa shape index (κ3) is 5.73. The van der Waals surface area contributed by atoms with Gasteiger partial charge in [-0.15, -0.1) is 0 Å². The van der Waals surface area contributed by atoms with Gasteiger partial charge < -0.3 is 39.0 Å². The van der Waals surface area contributed by atoms with E-state index in [1.165, 1.54) is 50.6 Å². The molecule has 0 spiro atoms. The fourth-order valence-electron chi connectivity index (χ4n) is 4.32. The van der Waals surface area contributed by atoms with Gasteiger partial charge in [0.25, 0.3) is 0 Å². The Balaban J connectivity index is 1.41. The van der Waals surface area contributed by atoms with Gasteiger partial charge >= 0.3 is 17.9 Å². The highest BCUT2D eigenvalue weighted by Gasteiger charge is 2.60. The first-order valence-electron chi connectivity index (χ1n) is 11.6. The van der Waals surface area contributed by atoms with E-state index >= 15 is 0 Å². The van der Waals surface area contributed by atoms with Gasteiger partial charge in [0.15, 0.2) is 34.7 Å². The zero-order chi connectivity index (χ0) is 27.4. The van der Waals surface area contributed by atoms with E-state index in [9.17, 15) is 29.7 Å². The third-order valence-corrected chi connectivity index (χ3v) is 6.20. The Bertz CT molecular complexity index is 1210. The minimum Gasteiger partial charge on any atom is -0.504 e. The number of esters is 3. The number of benzene rings is 2. The van der Waals surface area contributed by atoms with E-state index < -0.39 is 41.8 Å². The van der Waals surface area contributed by atoms with Crippen LogP contribution < -0.4 is 9.47 Å². The molecule has 2 aromatic carbocycles. The van der Waals surface area contributed by atoms with Crippen LogP contribution in [-0.2, 0) is 28.6 Å². The van der Waals surface area contributed by atoms with Crippen molar-refractivity contribution < 1.29 is 53.4 Å². The predicted octanol–water partition coefficient (Wildman–Crippen LogP) is 2.12. The lowest BCUT2D eigenvalue weighted by Crippen LogP contribution is -2.65. The summed E-state index contributed by atoms with van der Waals surface area (Å²) in [5.74, 6) is -2.13. The van der Waals surface area contributed by atoms with Crippen molar-refractivity contribution in [2.75, 3.05) is 14.2 Å². The van der Waals surface area contributed by atoms with E-state index in [0.717, 1.165) is 12.2 Å². The number of aromatic hydroxyl groups is 2. The zero-order valence-corrected chi connectivity index (χ0v) is 20.5. The summed E-state index contributed by atoms with van der Waals surface area (Å²) in [6.45, 7) is 0. The molecule has 2 aliphatic heterocycles. The second-order valence-electron chi connectivity index (χ2n) is 8.79. The second kappa shape index (κ2) is 10.9. The fourth-order valence-corrected chi connectivity index (χ4v) is 4.32. The molecule has 3 aliphatic rings. The lowest BCUT2D eigenvalue weighted by atomic mass is 9.76. The van der Waals surface area contributed by atoms with Crippen molar-refractivity contribution >= 4 is 30.1 Å². The summed E-state index contributed by atoms with van der Waals surface area (Å²) in [7, 11) is 2.82. The summed E-state index contributed by atoms with van der Waals surface area (Å²) in [6, 6.07) is 9.08. The number of aliphatic hydroxyl groups is 1. The maximum Gasteiger partial charge on any atom is 0.338 e. The molecule has 2 heterocycles. The fraction of sp³-hybridized carbons (Fsp3) is 0.296. The minimum absolute atomic E-state index is 0.107. The van der Waals surface area contributed by atoms with Gasteiger partial charge in [-0.05, 0) is 47.5 Å². The van der Waals surface area contributed by atoms with Crippen molar-refractivity contribution in [3.63, 3.8) is 0 Å². The largest absolute Gasteiger partial charge is 0.504 e. The molecule has 3 N–H and O–H groups in total. The van der Waals surface area contributed by atoms with Crippen LogP contribution in [0.25, 0.3) is 12.2 Å². The van der Waals surface area contributed by atoms with Crippen LogP contribution in [0.1, 0.15) is 24.0 Å². The molecule has 11 nitrogen and oxygen atoms in total. The number of hydrogen-bond donors (Lipinski definition) is 3.